The molecule has 1 fully saturated rings. The molecule has 1 atom stereocenters. The van der Waals surface area contributed by atoms with E-state index in [0.29, 0.717) is 13.1 Å². The van der Waals surface area contributed by atoms with Crippen LogP contribution in [0.15, 0.2) is 36.5 Å². The first-order chi connectivity index (χ1) is 9.74. The van der Waals surface area contributed by atoms with E-state index in [1.165, 1.54) is 0 Å². The molecule has 1 aromatic heterocycles. The second kappa shape index (κ2) is 5.16. The molecule has 102 valence electrons. The lowest BCUT2D eigenvalue weighted by Gasteiger charge is -2.11. The van der Waals surface area contributed by atoms with Crippen LogP contribution in [0, 0.1) is 0 Å². The van der Waals surface area contributed by atoms with Crippen LogP contribution in [-0.4, -0.2) is 29.5 Å². The molecule has 3 N–H and O–H groups in total. The van der Waals surface area contributed by atoms with E-state index in [2.05, 4.69) is 20.9 Å². The van der Waals surface area contributed by atoms with Crippen LogP contribution in [0.2, 0.25) is 0 Å². The number of pyridine rings is 1. The molecular formula is C14H14N4O2. The van der Waals surface area contributed by atoms with Crippen LogP contribution in [0.4, 0.5) is 4.79 Å². The average Bonchev–Trinajstić information content (AvgIpc) is 2.91. The van der Waals surface area contributed by atoms with Gasteiger partial charge in [-0.15, -0.1) is 0 Å². The summed E-state index contributed by atoms with van der Waals surface area (Å²) in [5.41, 5.74) is 1.83. The fourth-order valence-electron chi connectivity index (χ4n) is 2.23. The second-order valence-corrected chi connectivity index (χ2v) is 4.62. The minimum absolute atomic E-state index is 0.198. The van der Waals surface area contributed by atoms with Gasteiger partial charge in [0.2, 0.25) is 5.91 Å². The van der Waals surface area contributed by atoms with E-state index in [9.17, 15) is 9.59 Å². The molecule has 1 aliphatic rings. The first kappa shape index (κ1) is 12.4. The number of amides is 3. The number of para-hydroxylation sites is 1. The van der Waals surface area contributed by atoms with Gasteiger partial charge in [-0.05, 0) is 11.6 Å². The van der Waals surface area contributed by atoms with Crippen LogP contribution in [0.3, 0.4) is 0 Å². The van der Waals surface area contributed by atoms with Gasteiger partial charge in [0.25, 0.3) is 0 Å². The third kappa shape index (κ3) is 2.40. The van der Waals surface area contributed by atoms with E-state index in [0.717, 1.165) is 16.5 Å². The summed E-state index contributed by atoms with van der Waals surface area (Å²) in [6, 6.07) is 8.89. The Morgan fingerprint density at radius 2 is 2.20 bits per heavy atom. The molecule has 1 saturated heterocycles. The number of aromatic nitrogens is 1. The molecule has 6 nitrogen and oxygen atoms in total. The number of carbonyl (C=O) groups excluding carboxylic acids is 2. The number of hydrogen-bond donors (Lipinski definition) is 3. The van der Waals surface area contributed by atoms with Crippen LogP contribution in [0.25, 0.3) is 10.9 Å². The summed E-state index contributed by atoms with van der Waals surface area (Å²) in [6.45, 7) is 0.706. The zero-order valence-electron chi connectivity index (χ0n) is 10.7. The zero-order valence-corrected chi connectivity index (χ0v) is 10.7. The van der Waals surface area contributed by atoms with Crippen molar-refractivity contribution in [2.24, 2.45) is 0 Å². The van der Waals surface area contributed by atoms with Gasteiger partial charge in [-0.25, -0.2) is 4.79 Å². The lowest BCUT2D eigenvalue weighted by Crippen LogP contribution is -2.42. The van der Waals surface area contributed by atoms with Crippen molar-refractivity contribution in [3.8, 4) is 0 Å². The predicted octanol–water partition coefficient (Wildman–Crippen LogP) is 0.532. The van der Waals surface area contributed by atoms with Gasteiger partial charge in [-0.1, -0.05) is 24.3 Å². The number of rotatable bonds is 3. The Labute approximate surface area is 115 Å². The monoisotopic (exact) mass is 270 g/mol. The molecule has 1 aliphatic heterocycles. The smallest absolute Gasteiger partial charge is 0.315 e. The molecule has 6 heteroatoms. The number of hydrogen-bond acceptors (Lipinski definition) is 3. The highest BCUT2D eigenvalue weighted by molar-refractivity contribution is 5.90. The van der Waals surface area contributed by atoms with Gasteiger partial charge in [0.15, 0.2) is 0 Å². The van der Waals surface area contributed by atoms with Crippen molar-refractivity contribution >= 4 is 22.8 Å². The molecule has 2 aromatic rings. The largest absolute Gasteiger partial charge is 0.350 e. The summed E-state index contributed by atoms with van der Waals surface area (Å²) < 4.78 is 0. The molecule has 1 aromatic carbocycles. The number of nitrogens with one attached hydrogen (secondary N) is 3. The van der Waals surface area contributed by atoms with Crippen molar-refractivity contribution in [1.29, 1.82) is 0 Å². The number of benzene rings is 1. The molecule has 20 heavy (non-hydrogen) atoms. The summed E-state index contributed by atoms with van der Waals surface area (Å²) in [5, 5.41) is 8.96. The molecule has 3 rings (SSSR count). The van der Waals surface area contributed by atoms with E-state index in [1.54, 1.807) is 6.20 Å². The van der Waals surface area contributed by atoms with Crippen LogP contribution in [0.1, 0.15) is 5.56 Å². The van der Waals surface area contributed by atoms with Crippen LogP contribution >= 0.6 is 0 Å². The third-order valence-corrected chi connectivity index (χ3v) is 3.26. The minimum Gasteiger partial charge on any atom is -0.350 e. The molecule has 1 unspecified atom stereocenters. The SMILES string of the molecule is O=C1NCC(C(=O)NCc2cccc3cccnc23)N1. The van der Waals surface area contributed by atoms with Crippen molar-refractivity contribution in [3.05, 3.63) is 42.1 Å². The van der Waals surface area contributed by atoms with Crippen molar-refractivity contribution in [3.63, 3.8) is 0 Å². The molecule has 3 amide bonds. The predicted molar refractivity (Wildman–Crippen MR) is 73.9 cm³/mol. The lowest BCUT2D eigenvalue weighted by molar-refractivity contribution is -0.122. The number of carbonyl (C=O) groups is 2. The number of urea groups is 1. The highest BCUT2D eigenvalue weighted by Gasteiger charge is 2.26. The summed E-state index contributed by atoms with van der Waals surface area (Å²) in [4.78, 5) is 27.2. The van der Waals surface area contributed by atoms with Gasteiger partial charge >= 0.3 is 6.03 Å². The quantitative estimate of drug-likeness (QED) is 0.761. The second-order valence-electron chi connectivity index (χ2n) is 4.62. The summed E-state index contributed by atoms with van der Waals surface area (Å²) >= 11 is 0. The van der Waals surface area contributed by atoms with Crippen LogP contribution in [-0.2, 0) is 11.3 Å². The summed E-state index contributed by atoms with van der Waals surface area (Å²) in [7, 11) is 0. The maximum atomic E-state index is 11.9. The molecular weight excluding hydrogens is 256 g/mol. The average molecular weight is 270 g/mol. The number of fused-ring (bicyclic) bond motifs is 1. The van der Waals surface area contributed by atoms with Gasteiger partial charge in [-0.2, -0.15) is 0 Å². The standard InChI is InChI=1S/C14H14N4O2/c19-13(11-8-17-14(20)18-11)16-7-10-4-1-3-9-5-2-6-15-12(9)10/h1-6,11H,7-8H2,(H,16,19)(H2,17,18,20). The maximum Gasteiger partial charge on any atom is 0.315 e. The lowest BCUT2D eigenvalue weighted by atomic mass is 10.1. The van der Waals surface area contributed by atoms with Crippen LogP contribution < -0.4 is 16.0 Å². The Hall–Kier alpha value is -2.63. The molecule has 2 heterocycles. The van der Waals surface area contributed by atoms with Gasteiger partial charge in [-0.3, -0.25) is 9.78 Å². The fraction of sp³-hybridized carbons (Fsp3) is 0.214. The highest BCUT2D eigenvalue weighted by atomic mass is 16.2. The van der Waals surface area contributed by atoms with Gasteiger partial charge in [0, 0.05) is 24.7 Å². The van der Waals surface area contributed by atoms with E-state index < -0.39 is 6.04 Å². The Balaban J connectivity index is 1.71. The summed E-state index contributed by atoms with van der Waals surface area (Å²) in [6.07, 6.45) is 1.73. The van der Waals surface area contributed by atoms with Crippen molar-refractivity contribution in [2.45, 2.75) is 12.6 Å². The molecule has 0 spiro atoms. The number of nitrogens with zero attached hydrogens (tertiary/aromatic N) is 1. The zero-order chi connectivity index (χ0) is 13.9. The third-order valence-electron chi connectivity index (χ3n) is 3.26. The van der Waals surface area contributed by atoms with E-state index >= 15 is 0 Å². The van der Waals surface area contributed by atoms with Crippen molar-refractivity contribution in [2.75, 3.05) is 6.54 Å². The fourth-order valence-corrected chi connectivity index (χ4v) is 2.23. The van der Waals surface area contributed by atoms with E-state index in [4.69, 9.17) is 0 Å². The van der Waals surface area contributed by atoms with Crippen molar-refractivity contribution in [1.82, 2.24) is 20.9 Å². The Bertz CT molecular complexity index is 666. The Morgan fingerprint density at radius 3 is 3.00 bits per heavy atom. The first-order valence-electron chi connectivity index (χ1n) is 6.39. The van der Waals surface area contributed by atoms with Gasteiger partial charge in [0.1, 0.15) is 6.04 Å². The molecule has 0 saturated carbocycles. The van der Waals surface area contributed by atoms with Crippen LogP contribution in [0.5, 0.6) is 0 Å². The topological polar surface area (TPSA) is 83.1 Å². The first-order valence-corrected chi connectivity index (χ1v) is 6.39. The van der Waals surface area contributed by atoms with Crippen molar-refractivity contribution < 1.29 is 9.59 Å². The molecule has 0 aliphatic carbocycles. The molecule has 0 bridgehead atoms. The van der Waals surface area contributed by atoms with Gasteiger partial charge < -0.3 is 16.0 Å². The summed E-state index contributed by atoms with van der Waals surface area (Å²) in [5.74, 6) is -0.198. The normalized spacial score (nSPS) is 17.6. The van der Waals surface area contributed by atoms with E-state index in [-0.39, 0.29) is 11.9 Å². The Kier molecular flexibility index (Phi) is 3.20. The van der Waals surface area contributed by atoms with E-state index in [1.807, 2.05) is 30.3 Å². The maximum absolute atomic E-state index is 11.9. The Morgan fingerprint density at radius 1 is 1.35 bits per heavy atom. The highest BCUT2D eigenvalue weighted by Crippen LogP contribution is 2.15. The van der Waals surface area contributed by atoms with Gasteiger partial charge in [0.05, 0.1) is 5.52 Å². The molecule has 0 radical (unpaired) electrons. The minimum atomic E-state index is -0.509.